The van der Waals surface area contributed by atoms with Gasteiger partial charge in [0.25, 0.3) is 0 Å². The standard InChI is InChI=1S/C22H16F4N2O4/c1-31-20(29)13-2-7-16(8-3-13)32-17-9-5-15(6-10-17)27-21(30)28-19-12-14(22(24,25)26)4-11-18(19)23/h2-12H,1H3,(H2,27,28,30). The highest BCUT2D eigenvalue weighted by Gasteiger charge is 2.31. The van der Waals surface area contributed by atoms with E-state index in [0.29, 0.717) is 40.9 Å². The second kappa shape index (κ2) is 9.38. The van der Waals surface area contributed by atoms with E-state index >= 15 is 0 Å². The summed E-state index contributed by atoms with van der Waals surface area (Å²) in [6.07, 6.45) is -4.67. The molecule has 3 aromatic carbocycles. The van der Waals surface area contributed by atoms with E-state index in [4.69, 9.17) is 4.74 Å². The molecule has 2 amide bonds. The number of urea groups is 1. The lowest BCUT2D eigenvalue weighted by Gasteiger charge is -2.12. The highest BCUT2D eigenvalue weighted by Crippen LogP contribution is 2.32. The van der Waals surface area contributed by atoms with Crippen LogP contribution in [0.2, 0.25) is 0 Å². The van der Waals surface area contributed by atoms with E-state index in [0.717, 1.165) is 0 Å². The fraction of sp³-hybridized carbons (Fsp3) is 0.0909. The van der Waals surface area contributed by atoms with Crippen molar-refractivity contribution < 1.29 is 36.6 Å². The first-order chi connectivity index (χ1) is 15.2. The van der Waals surface area contributed by atoms with Gasteiger partial charge in [0.2, 0.25) is 0 Å². The third-order valence-electron chi connectivity index (χ3n) is 4.17. The van der Waals surface area contributed by atoms with Crippen molar-refractivity contribution in [2.24, 2.45) is 0 Å². The summed E-state index contributed by atoms with van der Waals surface area (Å²) in [5.41, 5.74) is -1.03. The van der Waals surface area contributed by atoms with Crippen LogP contribution in [0.15, 0.2) is 66.7 Å². The van der Waals surface area contributed by atoms with Gasteiger partial charge in [-0.15, -0.1) is 0 Å². The van der Waals surface area contributed by atoms with Crippen LogP contribution < -0.4 is 15.4 Å². The summed E-state index contributed by atoms with van der Waals surface area (Å²) >= 11 is 0. The molecule has 0 aromatic heterocycles. The number of carbonyl (C=O) groups excluding carboxylic acids is 2. The first-order valence-corrected chi connectivity index (χ1v) is 9.07. The average molecular weight is 448 g/mol. The predicted molar refractivity (Wildman–Crippen MR) is 108 cm³/mol. The highest BCUT2D eigenvalue weighted by atomic mass is 19.4. The van der Waals surface area contributed by atoms with Gasteiger partial charge in [-0.05, 0) is 66.7 Å². The molecule has 0 aliphatic rings. The number of hydrogen-bond donors (Lipinski definition) is 2. The van der Waals surface area contributed by atoms with E-state index in [-0.39, 0.29) is 0 Å². The number of nitrogens with one attached hydrogen (secondary N) is 2. The zero-order valence-corrected chi connectivity index (χ0v) is 16.5. The third kappa shape index (κ3) is 5.75. The number of amides is 2. The van der Waals surface area contributed by atoms with Gasteiger partial charge < -0.3 is 20.1 Å². The predicted octanol–water partition coefficient (Wildman–Crippen LogP) is 6.07. The largest absolute Gasteiger partial charge is 0.465 e. The average Bonchev–Trinajstić information content (AvgIpc) is 2.76. The van der Waals surface area contributed by atoms with Crippen LogP contribution in [0.5, 0.6) is 11.5 Å². The number of esters is 1. The lowest BCUT2D eigenvalue weighted by molar-refractivity contribution is -0.137. The first kappa shape index (κ1) is 22.6. The van der Waals surface area contributed by atoms with Gasteiger partial charge in [0.1, 0.15) is 17.3 Å². The Morgan fingerprint density at radius 3 is 2.00 bits per heavy atom. The summed E-state index contributed by atoms with van der Waals surface area (Å²) in [7, 11) is 1.28. The maximum atomic E-state index is 13.8. The van der Waals surface area contributed by atoms with Crippen molar-refractivity contribution in [2.75, 3.05) is 17.7 Å². The van der Waals surface area contributed by atoms with Crippen LogP contribution in [0.4, 0.5) is 33.7 Å². The molecular weight excluding hydrogens is 432 g/mol. The van der Waals surface area contributed by atoms with Crippen molar-refractivity contribution in [1.29, 1.82) is 0 Å². The van der Waals surface area contributed by atoms with Crippen LogP contribution in [-0.2, 0) is 10.9 Å². The van der Waals surface area contributed by atoms with Crippen molar-refractivity contribution in [1.82, 2.24) is 0 Å². The summed E-state index contributed by atoms with van der Waals surface area (Å²) in [6.45, 7) is 0. The van der Waals surface area contributed by atoms with Crippen LogP contribution in [0, 0.1) is 5.82 Å². The Bertz CT molecular complexity index is 1110. The third-order valence-corrected chi connectivity index (χ3v) is 4.17. The molecule has 6 nitrogen and oxygen atoms in total. The number of ether oxygens (including phenoxy) is 2. The molecule has 3 rings (SSSR count). The Labute approximate surface area is 179 Å². The number of alkyl halides is 3. The van der Waals surface area contributed by atoms with Crippen LogP contribution in [0.25, 0.3) is 0 Å². The van der Waals surface area contributed by atoms with E-state index in [1.165, 1.54) is 43.5 Å². The van der Waals surface area contributed by atoms with Gasteiger partial charge in [0, 0.05) is 5.69 Å². The molecule has 0 heterocycles. The zero-order valence-electron chi connectivity index (χ0n) is 16.5. The highest BCUT2D eigenvalue weighted by molar-refractivity contribution is 5.99. The minimum absolute atomic E-state index is 0.295. The molecule has 10 heteroatoms. The summed E-state index contributed by atoms with van der Waals surface area (Å²) in [5, 5.41) is 4.44. The van der Waals surface area contributed by atoms with Crippen molar-refractivity contribution in [3.05, 3.63) is 83.7 Å². The van der Waals surface area contributed by atoms with E-state index < -0.39 is 35.2 Å². The first-order valence-electron chi connectivity index (χ1n) is 9.07. The number of hydrogen-bond acceptors (Lipinski definition) is 4. The topological polar surface area (TPSA) is 76.7 Å². The van der Waals surface area contributed by atoms with Gasteiger partial charge in [-0.2, -0.15) is 13.2 Å². The summed E-state index contributed by atoms with van der Waals surface area (Å²) < 4.78 is 62.3. The Morgan fingerprint density at radius 2 is 1.44 bits per heavy atom. The SMILES string of the molecule is COC(=O)c1ccc(Oc2ccc(NC(=O)Nc3cc(C(F)(F)F)ccc3F)cc2)cc1. The minimum atomic E-state index is -4.67. The van der Waals surface area contributed by atoms with Crippen molar-refractivity contribution in [2.45, 2.75) is 6.18 Å². The molecule has 0 saturated heterocycles. The number of halogens is 4. The minimum Gasteiger partial charge on any atom is -0.465 e. The molecule has 2 N–H and O–H groups in total. The summed E-state index contributed by atoms with van der Waals surface area (Å²) in [5.74, 6) is -0.604. The Hall–Kier alpha value is -4.08. The Kier molecular flexibility index (Phi) is 6.62. The second-order valence-corrected chi connectivity index (χ2v) is 6.41. The molecule has 166 valence electrons. The lowest BCUT2D eigenvalue weighted by atomic mass is 10.2. The number of methoxy groups -OCH3 is 1. The van der Waals surface area contributed by atoms with E-state index in [1.807, 2.05) is 0 Å². The number of anilines is 2. The number of benzene rings is 3. The van der Waals surface area contributed by atoms with Gasteiger partial charge in [-0.25, -0.2) is 14.0 Å². The molecular formula is C22H16F4N2O4. The normalized spacial score (nSPS) is 10.9. The molecule has 0 saturated carbocycles. The molecule has 0 unspecified atom stereocenters. The van der Waals surface area contributed by atoms with Crippen molar-refractivity contribution in [3.63, 3.8) is 0 Å². The van der Waals surface area contributed by atoms with Crippen molar-refractivity contribution >= 4 is 23.4 Å². The molecule has 0 bridgehead atoms. The van der Waals surface area contributed by atoms with Gasteiger partial charge in [0.15, 0.2) is 0 Å². The molecule has 0 fully saturated rings. The van der Waals surface area contributed by atoms with E-state index in [9.17, 15) is 27.2 Å². The van der Waals surface area contributed by atoms with Crippen LogP contribution in [0.1, 0.15) is 15.9 Å². The number of carbonyl (C=O) groups is 2. The maximum absolute atomic E-state index is 13.8. The van der Waals surface area contributed by atoms with Gasteiger partial charge in [-0.3, -0.25) is 0 Å². The van der Waals surface area contributed by atoms with Gasteiger partial charge in [-0.1, -0.05) is 0 Å². The molecule has 0 aliphatic heterocycles. The second-order valence-electron chi connectivity index (χ2n) is 6.41. The van der Waals surface area contributed by atoms with E-state index in [1.54, 1.807) is 12.1 Å². The quantitative estimate of drug-likeness (QED) is 0.367. The lowest BCUT2D eigenvalue weighted by Crippen LogP contribution is -2.20. The fourth-order valence-electron chi connectivity index (χ4n) is 2.60. The van der Waals surface area contributed by atoms with Crippen molar-refractivity contribution in [3.8, 4) is 11.5 Å². The van der Waals surface area contributed by atoms with Gasteiger partial charge in [0.05, 0.1) is 23.9 Å². The zero-order chi connectivity index (χ0) is 23.3. The van der Waals surface area contributed by atoms with Crippen LogP contribution >= 0.6 is 0 Å². The van der Waals surface area contributed by atoms with Crippen LogP contribution in [0.3, 0.4) is 0 Å². The summed E-state index contributed by atoms with van der Waals surface area (Å²) in [4.78, 5) is 23.5. The molecule has 3 aromatic rings. The fourth-order valence-corrected chi connectivity index (χ4v) is 2.60. The van der Waals surface area contributed by atoms with Gasteiger partial charge >= 0.3 is 18.2 Å². The number of rotatable bonds is 5. The molecule has 0 spiro atoms. The maximum Gasteiger partial charge on any atom is 0.416 e. The smallest absolute Gasteiger partial charge is 0.416 e. The molecule has 32 heavy (non-hydrogen) atoms. The monoisotopic (exact) mass is 448 g/mol. The molecule has 0 atom stereocenters. The summed E-state index contributed by atoms with van der Waals surface area (Å²) in [6, 6.07) is 13.1. The Balaban J connectivity index is 1.61. The van der Waals surface area contributed by atoms with Crippen LogP contribution in [-0.4, -0.2) is 19.1 Å². The molecule has 0 radical (unpaired) electrons. The Morgan fingerprint density at radius 1 is 0.844 bits per heavy atom. The molecule has 0 aliphatic carbocycles. The van der Waals surface area contributed by atoms with E-state index in [2.05, 4.69) is 15.4 Å².